The van der Waals surface area contributed by atoms with E-state index < -0.39 is 0 Å². The largest absolute Gasteiger partial charge is 0.497 e. The molecule has 0 aliphatic carbocycles. The first-order valence-corrected chi connectivity index (χ1v) is 9.03. The number of urea groups is 1. The van der Waals surface area contributed by atoms with Crippen LogP contribution in [-0.4, -0.2) is 27.7 Å². The number of fused-ring (bicyclic) bond motifs is 1. The van der Waals surface area contributed by atoms with Crippen molar-refractivity contribution < 1.29 is 9.53 Å². The van der Waals surface area contributed by atoms with Crippen LogP contribution in [-0.2, 0) is 6.54 Å². The monoisotopic (exact) mass is 367 g/mol. The third kappa shape index (κ3) is 4.75. The van der Waals surface area contributed by atoms with Gasteiger partial charge in [0.1, 0.15) is 5.75 Å². The molecule has 142 valence electrons. The molecule has 3 aromatic rings. The molecular weight excluding hydrogens is 342 g/mol. The molecule has 0 saturated heterocycles. The number of nitrogens with zero attached hydrogens (tertiary/aromatic N) is 3. The molecule has 0 radical (unpaired) electrons. The van der Waals surface area contributed by atoms with E-state index in [4.69, 9.17) is 4.74 Å². The third-order valence-corrected chi connectivity index (χ3v) is 4.28. The maximum absolute atomic E-state index is 12.5. The number of benzene rings is 1. The predicted molar refractivity (Wildman–Crippen MR) is 104 cm³/mol. The molecule has 2 aromatic heterocycles. The first kappa shape index (κ1) is 18.7. The van der Waals surface area contributed by atoms with Crippen molar-refractivity contribution in [2.24, 2.45) is 5.92 Å². The van der Waals surface area contributed by atoms with Gasteiger partial charge in [0.25, 0.3) is 0 Å². The second-order valence-corrected chi connectivity index (χ2v) is 6.84. The van der Waals surface area contributed by atoms with E-state index in [1.807, 2.05) is 53.1 Å². The van der Waals surface area contributed by atoms with Crippen molar-refractivity contribution in [2.45, 2.75) is 32.9 Å². The van der Waals surface area contributed by atoms with Crippen molar-refractivity contribution in [2.75, 3.05) is 7.11 Å². The minimum Gasteiger partial charge on any atom is -0.497 e. The number of methoxy groups -OCH3 is 1. The van der Waals surface area contributed by atoms with Gasteiger partial charge in [-0.2, -0.15) is 0 Å². The van der Waals surface area contributed by atoms with Crippen molar-refractivity contribution >= 4 is 11.7 Å². The highest BCUT2D eigenvalue weighted by Gasteiger charge is 2.21. The van der Waals surface area contributed by atoms with E-state index in [2.05, 4.69) is 34.7 Å². The SMILES string of the molecule is COc1ccc(CNC(=O)NC(CC(C)C)c2nnc3ccccn23)cc1. The highest BCUT2D eigenvalue weighted by Crippen LogP contribution is 2.20. The summed E-state index contributed by atoms with van der Waals surface area (Å²) in [4.78, 5) is 12.5. The molecule has 7 nitrogen and oxygen atoms in total. The summed E-state index contributed by atoms with van der Waals surface area (Å²) in [6.07, 6.45) is 2.68. The third-order valence-electron chi connectivity index (χ3n) is 4.28. The minimum absolute atomic E-state index is 0.224. The average molecular weight is 367 g/mol. The molecule has 2 N–H and O–H groups in total. The molecule has 7 heteroatoms. The van der Waals surface area contributed by atoms with Gasteiger partial charge < -0.3 is 15.4 Å². The zero-order chi connectivity index (χ0) is 19.2. The molecule has 0 bridgehead atoms. The maximum Gasteiger partial charge on any atom is 0.315 e. The number of nitrogens with one attached hydrogen (secondary N) is 2. The first-order chi connectivity index (χ1) is 13.1. The van der Waals surface area contributed by atoms with Crippen LogP contribution in [0.4, 0.5) is 4.79 Å². The van der Waals surface area contributed by atoms with E-state index in [9.17, 15) is 4.79 Å². The predicted octanol–water partition coefficient (Wildman–Crippen LogP) is 3.32. The second-order valence-electron chi connectivity index (χ2n) is 6.84. The van der Waals surface area contributed by atoms with Gasteiger partial charge in [0.15, 0.2) is 11.5 Å². The number of pyridine rings is 1. The van der Waals surface area contributed by atoms with Crippen LogP contribution < -0.4 is 15.4 Å². The summed E-state index contributed by atoms with van der Waals surface area (Å²) in [5, 5.41) is 14.4. The van der Waals surface area contributed by atoms with Crippen LogP contribution in [0.5, 0.6) is 5.75 Å². The summed E-state index contributed by atoms with van der Waals surface area (Å²) >= 11 is 0. The summed E-state index contributed by atoms with van der Waals surface area (Å²) in [6.45, 7) is 4.67. The quantitative estimate of drug-likeness (QED) is 0.671. The Morgan fingerprint density at radius 1 is 1.15 bits per heavy atom. The van der Waals surface area contributed by atoms with Gasteiger partial charge >= 0.3 is 6.03 Å². The zero-order valence-electron chi connectivity index (χ0n) is 15.8. The van der Waals surface area contributed by atoms with Gasteiger partial charge in [0.05, 0.1) is 13.2 Å². The summed E-state index contributed by atoms with van der Waals surface area (Å²) in [7, 11) is 1.63. The number of carbonyl (C=O) groups is 1. The van der Waals surface area contributed by atoms with Crippen LogP contribution in [0.1, 0.15) is 37.7 Å². The molecule has 2 heterocycles. The van der Waals surface area contributed by atoms with Crippen molar-refractivity contribution in [1.82, 2.24) is 25.2 Å². The lowest BCUT2D eigenvalue weighted by Gasteiger charge is -2.19. The molecule has 1 aromatic carbocycles. The van der Waals surface area contributed by atoms with Crippen LogP contribution in [0, 0.1) is 5.92 Å². The number of hydrogen-bond donors (Lipinski definition) is 2. The summed E-state index contributed by atoms with van der Waals surface area (Å²) in [5.74, 6) is 1.92. The van der Waals surface area contributed by atoms with Gasteiger partial charge in [0.2, 0.25) is 0 Å². The fourth-order valence-electron chi connectivity index (χ4n) is 2.93. The zero-order valence-corrected chi connectivity index (χ0v) is 15.8. The Morgan fingerprint density at radius 2 is 1.93 bits per heavy atom. The van der Waals surface area contributed by atoms with Crippen molar-refractivity contribution in [3.05, 3.63) is 60.0 Å². The highest BCUT2D eigenvalue weighted by molar-refractivity contribution is 5.74. The summed E-state index contributed by atoms with van der Waals surface area (Å²) in [6, 6.07) is 12.9. The lowest BCUT2D eigenvalue weighted by molar-refractivity contribution is 0.234. The number of aromatic nitrogens is 3. The number of rotatable bonds is 7. The van der Waals surface area contributed by atoms with E-state index in [0.29, 0.717) is 12.5 Å². The molecule has 0 aliphatic rings. The standard InChI is InChI=1S/C20H25N5O2/c1-14(2)12-17(19-24-23-18-6-4-5-11-25(18)19)22-20(26)21-13-15-7-9-16(27-3)10-8-15/h4-11,14,17H,12-13H2,1-3H3,(H2,21,22,26). The van der Waals surface area contributed by atoms with Crippen LogP contribution in [0.3, 0.4) is 0 Å². The fraction of sp³-hybridized carbons (Fsp3) is 0.350. The molecular formula is C20H25N5O2. The molecule has 0 saturated carbocycles. The number of hydrogen-bond acceptors (Lipinski definition) is 4. The Hall–Kier alpha value is -3.09. The minimum atomic E-state index is -0.232. The summed E-state index contributed by atoms with van der Waals surface area (Å²) < 4.78 is 7.06. The molecule has 0 spiro atoms. The molecule has 3 rings (SSSR count). The van der Waals surface area contributed by atoms with Crippen LogP contribution in [0.25, 0.3) is 5.65 Å². The highest BCUT2D eigenvalue weighted by atomic mass is 16.5. The second kappa shape index (κ2) is 8.53. The van der Waals surface area contributed by atoms with Gasteiger partial charge in [-0.05, 0) is 42.2 Å². The van der Waals surface area contributed by atoms with E-state index in [0.717, 1.165) is 29.2 Å². The van der Waals surface area contributed by atoms with E-state index in [1.165, 1.54) is 0 Å². The fourth-order valence-corrected chi connectivity index (χ4v) is 2.93. The van der Waals surface area contributed by atoms with E-state index in [1.54, 1.807) is 7.11 Å². The summed E-state index contributed by atoms with van der Waals surface area (Å²) in [5.41, 5.74) is 1.76. The van der Waals surface area contributed by atoms with Gasteiger partial charge in [0, 0.05) is 12.7 Å². The lowest BCUT2D eigenvalue weighted by atomic mass is 10.0. The Labute approximate surface area is 158 Å². The molecule has 1 unspecified atom stereocenters. The molecule has 27 heavy (non-hydrogen) atoms. The van der Waals surface area contributed by atoms with Gasteiger partial charge in [-0.3, -0.25) is 4.40 Å². The Balaban J connectivity index is 1.67. The van der Waals surface area contributed by atoms with Crippen LogP contribution >= 0.6 is 0 Å². The maximum atomic E-state index is 12.5. The van der Waals surface area contributed by atoms with Gasteiger partial charge in [-0.15, -0.1) is 10.2 Å². The van der Waals surface area contributed by atoms with Crippen LogP contribution in [0.2, 0.25) is 0 Å². The van der Waals surface area contributed by atoms with Crippen molar-refractivity contribution in [3.8, 4) is 5.75 Å². The average Bonchev–Trinajstić information content (AvgIpc) is 3.10. The Bertz CT molecular complexity index is 889. The van der Waals surface area contributed by atoms with Crippen molar-refractivity contribution in [3.63, 3.8) is 0 Å². The molecule has 0 aliphatic heterocycles. The Kier molecular flexibility index (Phi) is 5.90. The van der Waals surface area contributed by atoms with Crippen molar-refractivity contribution in [1.29, 1.82) is 0 Å². The smallest absolute Gasteiger partial charge is 0.315 e. The first-order valence-electron chi connectivity index (χ1n) is 9.03. The molecule has 2 amide bonds. The number of ether oxygens (including phenoxy) is 1. The molecule has 1 atom stereocenters. The van der Waals surface area contributed by atoms with Gasteiger partial charge in [-0.25, -0.2) is 4.79 Å². The number of carbonyl (C=O) groups excluding carboxylic acids is 1. The number of amides is 2. The van der Waals surface area contributed by atoms with Gasteiger partial charge in [-0.1, -0.05) is 32.0 Å². The van der Waals surface area contributed by atoms with E-state index in [-0.39, 0.29) is 12.1 Å². The van der Waals surface area contributed by atoms with E-state index >= 15 is 0 Å². The topological polar surface area (TPSA) is 80.5 Å². The lowest BCUT2D eigenvalue weighted by Crippen LogP contribution is -2.38. The van der Waals surface area contributed by atoms with Crippen LogP contribution in [0.15, 0.2) is 48.7 Å². The molecule has 0 fully saturated rings. The Morgan fingerprint density at radius 3 is 2.63 bits per heavy atom. The normalized spacial score (nSPS) is 12.1.